The molecule has 1 aliphatic rings. The van der Waals surface area contributed by atoms with Crippen LogP contribution in [0, 0.1) is 0 Å². The molecule has 4 nitrogen and oxygen atoms in total. The van der Waals surface area contributed by atoms with Crippen LogP contribution in [0.3, 0.4) is 0 Å². The van der Waals surface area contributed by atoms with Gasteiger partial charge in [-0.15, -0.1) is 0 Å². The van der Waals surface area contributed by atoms with Crippen LogP contribution in [0.25, 0.3) is 0 Å². The van der Waals surface area contributed by atoms with Crippen molar-refractivity contribution in [3.8, 4) is 11.5 Å². The average Bonchev–Trinajstić information content (AvgIpc) is 2.60. The van der Waals surface area contributed by atoms with Gasteiger partial charge in [0.25, 0.3) is 0 Å². The average molecular weight is 277 g/mol. The van der Waals surface area contributed by atoms with Gasteiger partial charge in [-0.25, -0.2) is 0 Å². The highest BCUT2D eigenvalue weighted by Gasteiger charge is 2.37. The zero-order valence-corrected chi connectivity index (χ0v) is 10.0. The number of hydrogen-bond acceptors (Lipinski definition) is 4. The molecule has 0 aromatic heterocycles. The van der Waals surface area contributed by atoms with Gasteiger partial charge >= 0.3 is 6.18 Å². The number of nitrogens with two attached hydrogens (primary N) is 1. The number of alkyl halides is 3. The van der Waals surface area contributed by atoms with Crippen molar-refractivity contribution in [2.75, 3.05) is 19.8 Å². The Labute approximate surface area is 107 Å². The van der Waals surface area contributed by atoms with Crippen molar-refractivity contribution in [1.82, 2.24) is 0 Å². The summed E-state index contributed by atoms with van der Waals surface area (Å²) in [6.07, 6.45) is -5.15. The summed E-state index contributed by atoms with van der Waals surface area (Å²) in [7, 11) is 0. The first-order valence-corrected chi connectivity index (χ1v) is 5.83. The van der Waals surface area contributed by atoms with Crippen LogP contribution < -0.4 is 15.2 Å². The van der Waals surface area contributed by atoms with Gasteiger partial charge in [-0.3, -0.25) is 0 Å². The first-order valence-electron chi connectivity index (χ1n) is 5.83. The van der Waals surface area contributed by atoms with Crippen molar-refractivity contribution in [3.05, 3.63) is 23.3 Å². The number of aliphatic hydroxyl groups excluding tert-OH is 1. The molecule has 0 amide bonds. The highest BCUT2D eigenvalue weighted by Crippen LogP contribution is 2.45. The van der Waals surface area contributed by atoms with E-state index in [1.165, 1.54) is 6.07 Å². The topological polar surface area (TPSA) is 64.7 Å². The third-order valence-corrected chi connectivity index (χ3v) is 2.81. The van der Waals surface area contributed by atoms with Crippen molar-refractivity contribution in [2.24, 2.45) is 5.73 Å². The lowest BCUT2D eigenvalue weighted by atomic mass is 10.0. The zero-order valence-electron chi connectivity index (χ0n) is 10.0. The van der Waals surface area contributed by atoms with E-state index in [9.17, 15) is 18.3 Å². The maximum Gasteiger partial charge on any atom is 0.420 e. The normalized spacial score (nSPS) is 16.9. The summed E-state index contributed by atoms with van der Waals surface area (Å²) in [6, 6.07) is 2.05. The molecule has 0 saturated heterocycles. The minimum Gasteiger partial charge on any atom is -0.489 e. The zero-order chi connectivity index (χ0) is 14.0. The van der Waals surface area contributed by atoms with Gasteiger partial charge in [0, 0.05) is 18.5 Å². The molecule has 0 fully saturated rings. The van der Waals surface area contributed by atoms with E-state index >= 15 is 0 Å². The summed E-state index contributed by atoms with van der Waals surface area (Å²) in [4.78, 5) is 0. The molecule has 1 atom stereocenters. The minimum atomic E-state index is -4.54. The van der Waals surface area contributed by atoms with Gasteiger partial charge in [-0.1, -0.05) is 6.07 Å². The van der Waals surface area contributed by atoms with E-state index in [1.807, 2.05) is 0 Å². The summed E-state index contributed by atoms with van der Waals surface area (Å²) in [5.41, 5.74) is 4.64. The molecule has 3 N–H and O–H groups in total. The minimum absolute atomic E-state index is 0.0646. The van der Waals surface area contributed by atoms with Crippen LogP contribution in [0.2, 0.25) is 0 Å². The Morgan fingerprint density at radius 3 is 2.42 bits per heavy atom. The van der Waals surface area contributed by atoms with E-state index in [1.54, 1.807) is 0 Å². The summed E-state index contributed by atoms with van der Waals surface area (Å²) >= 11 is 0. The summed E-state index contributed by atoms with van der Waals surface area (Å²) in [6.45, 7) is 0.262. The van der Waals surface area contributed by atoms with Gasteiger partial charge in [-0.2, -0.15) is 13.2 Å². The molecule has 2 rings (SSSR count). The van der Waals surface area contributed by atoms with Gasteiger partial charge in [0.1, 0.15) is 5.56 Å². The molecule has 0 spiro atoms. The van der Waals surface area contributed by atoms with Crippen LogP contribution in [0.1, 0.15) is 23.7 Å². The summed E-state index contributed by atoms with van der Waals surface area (Å²) in [5.74, 6) is -0.430. The fraction of sp³-hybridized carbons (Fsp3) is 0.500. The van der Waals surface area contributed by atoms with Gasteiger partial charge in [-0.05, 0) is 6.07 Å². The maximum atomic E-state index is 12.9. The summed E-state index contributed by atoms with van der Waals surface area (Å²) in [5, 5.41) is 9.73. The van der Waals surface area contributed by atoms with Crippen molar-refractivity contribution in [3.63, 3.8) is 0 Å². The molecule has 0 bridgehead atoms. The molecule has 7 heteroatoms. The van der Waals surface area contributed by atoms with Crippen molar-refractivity contribution >= 4 is 0 Å². The number of fused-ring (bicyclic) bond motifs is 1. The van der Waals surface area contributed by atoms with E-state index in [2.05, 4.69) is 0 Å². The smallest absolute Gasteiger partial charge is 0.420 e. The van der Waals surface area contributed by atoms with Crippen molar-refractivity contribution in [1.29, 1.82) is 0 Å². The number of hydrogen-bond donors (Lipinski definition) is 2. The fourth-order valence-electron chi connectivity index (χ4n) is 1.89. The fourth-order valence-corrected chi connectivity index (χ4v) is 1.89. The van der Waals surface area contributed by atoms with Crippen LogP contribution in [-0.2, 0) is 6.18 Å². The van der Waals surface area contributed by atoms with Crippen LogP contribution >= 0.6 is 0 Å². The number of benzene rings is 1. The number of ether oxygens (including phenoxy) is 2. The predicted octanol–water partition coefficient (Wildman–Crippen LogP) is 1.86. The monoisotopic (exact) mass is 277 g/mol. The third kappa shape index (κ3) is 2.76. The quantitative estimate of drug-likeness (QED) is 0.866. The molecular formula is C12H14F3NO3. The highest BCUT2D eigenvalue weighted by atomic mass is 19.4. The molecule has 0 aliphatic carbocycles. The standard InChI is InChI=1S/C12H14F3NO3/c13-12(14,15)8-3-2-7(9(17)6-16)10-11(8)19-5-1-4-18-10/h2-3,9,17H,1,4-6,16H2. The van der Waals surface area contributed by atoms with E-state index in [0.717, 1.165) is 6.07 Å². The Bertz CT molecular complexity index is 462. The number of aliphatic hydroxyl groups is 1. The Morgan fingerprint density at radius 1 is 1.21 bits per heavy atom. The van der Waals surface area contributed by atoms with Crippen molar-refractivity contribution < 1.29 is 27.8 Å². The number of rotatable bonds is 2. The SMILES string of the molecule is NCC(O)c1ccc(C(F)(F)F)c2c1OCCCO2. The molecular weight excluding hydrogens is 263 g/mol. The van der Waals surface area contributed by atoms with E-state index in [4.69, 9.17) is 15.2 Å². The maximum absolute atomic E-state index is 12.9. The molecule has 1 unspecified atom stereocenters. The van der Waals surface area contributed by atoms with Gasteiger partial charge in [0.2, 0.25) is 0 Å². The van der Waals surface area contributed by atoms with Crippen LogP contribution in [0.4, 0.5) is 13.2 Å². The second kappa shape index (κ2) is 5.26. The van der Waals surface area contributed by atoms with Crippen molar-refractivity contribution in [2.45, 2.75) is 18.7 Å². The molecule has 106 valence electrons. The Kier molecular flexibility index (Phi) is 3.86. The van der Waals surface area contributed by atoms with E-state index < -0.39 is 17.8 Å². The van der Waals surface area contributed by atoms with Crippen LogP contribution in [0.5, 0.6) is 11.5 Å². The molecule has 1 aromatic rings. The highest BCUT2D eigenvalue weighted by molar-refractivity contribution is 5.54. The molecule has 0 radical (unpaired) electrons. The first kappa shape index (κ1) is 14.0. The first-order chi connectivity index (χ1) is 8.95. The lowest BCUT2D eigenvalue weighted by Gasteiger charge is -2.19. The van der Waals surface area contributed by atoms with Gasteiger partial charge < -0.3 is 20.3 Å². The third-order valence-electron chi connectivity index (χ3n) is 2.81. The molecule has 19 heavy (non-hydrogen) atoms. The predicted molar refractivity (Wildman–Crippen MR) is 61.1 cm³/mol. The van der Waals surface area contributed by atoms with E-state index in [-0.39, 0.29) is 36.8 Å². The Morgan fingerprint density at radius 2 is 1.84 bits per heavy atom. The van der Waals surface area contributed by atoms with Crippen LogP contribution in [-0.4, -0.2) is 24.9 Å². The largest absolute Gasteiger partial charge is 0.489 e. The van der Waals surface area contributed by atoms with Crippen LogP contribution in [0.15, 0.2) is 12.1 Å². The lowest BCUT2D eigenvalue weighted by Crippen LogP contribution is -2.15. The number of halogens is 3. The Hall–Kier alpha value is -1.47. The van der Waals surface area contributed by atoms with E-state index in [0.29, 0.717) is 6.42 Å². The molecule has 1 heterocycles. The second-order valence-electron chi connectivity index (χ2n) is 4.16. The summed E-state index contributed by atoms with van der Waals surface area (Å²) < 4.78 is 49.1. The molecule has 1 aromatic carbocycles. The molecule has 0 saturated carbocycles. The lowest BCUT2D eigenvalue weighted by molar-refractivity contribution is -0.139. The van der Waals surface area contributed by atoms with Gasteiger partial charge in [0.15, 0.2) is 11.5 Å². The second-order valence-corrected chi connectivity index (χ2v) is 4.16. The van der Waals surface area contributed by atoms with Gasteiger partial charge in [0.05, 0.1) is 19.3 Å². The Balaban J connectivity index is 2.57. The molecule has 1 aliphatic heterocycles.